The second kappa shape index (κ2) is 8.94. The molecule has 1 atom stereocenters. The average Bonchev–Trinajstić information content (AvgIpc) is 3.03. The van der Waals surface area contributed by atoms with Gasteiger partial charge in [-0.05, 0) is 49.6 Å². The maximum atomic E-state index is 13.5. The van der Waals surface area contributed by atoms with E-state index in [9.17, 15) is 9.59 Å². The molecule has 0 radical (unpaired) electrons. The van der Waals surface area contributed by atoms with Crippen LogP contribution in [0, 0.1) is 6.92 Å². The first-order chi connectivity index (χ1) is 15.4. The Bertz CT molecular complexity index is 1230. The fraction of sp³-hybridized carbons (Fsp3) is 0.360. The van der Waals surface area contributed by atoms with E-state index in [0.29, 0.717) is 64.7 Å². The lowest BCUT2D eigenvalue weighted by Gasteiger charge is -2.16. The van der Waals surface area contributed by atoms with Gasteiger partial charge in [0.05, 0.1) is 31.3 Å². The molecule has 0 saturated heterocycles. The van der Waals surface area contributed by atoms with Crippen molar-refractivity contribution in [2.75, 3.05) is 20.3 Å². The highest BCUT2D eigenvalue weighted by Gasteiger charge is 2.21. The molecule has 1 aromatic heterocycles. The molecule has 0 aliphatic carbocycles. The molecule has 1 unspecified atom stereocenters. The highest BCUT2D eigenvalue weighted by Crippen LogP contribution is 2.35. The molecule has 32 heavy (non-hydrogen) atoms. The van der Waals surface area contributed by atoms with E-state index < -0.39 is 12.1 Å². The Morgan fingerprint density at radius 2 is 1.88 bits per heavy atom. The standard InChI is InChI=1S/C25H26O7/c1-5-16-11-18-21(13-20(16)32-15(3)25(27)28-4)31-14(2)23(24(18)26)17-7-8-19-22(12-17)30-10-6-9-29-19/h7-8,11-13,15H,5-6,9-10H2,1-4H3. The van der Waals surface area contributed by atoms with Gasteiger partial charge >= 0.3 is 5.97 Å². The van der Waals surface area contributed by atoms with Crippen molar-refractivity contribution < 1.29 is 28.2 Å². The Labute approximate surface area is 185 Å². The fourth-order valence-electron chi connectivity index (χ4n) is 3.82. The van der Waals surface area contributed by atoms with Crippen LogP contribution in [0.15, 0.2) is 39.5 Å². The lowest BCUT2D eigenvalue weighted by molar-refractivity contribution is -0.147. The summed E-state index contributed by atoms with van der Waals surface area (Å²) in [5, 5.41) is 0.452. The van der Waals surface area contributed by atoms with Crippen LogP contribution in [0.4, 0.5) is 0 Å². The first-order valence-corrected chi connectivity index (χ1v) is 10.7. The van der Waals surface area contributed by atoms with Gasteiger partial charge in [-0.15, -0.1) is 0 Å². The third kappa shape index (κ3) is 4.02. The molecule has 0 N–H and O–H groups in total. The number of aryl methyl sites for hydroxylation is 2. The van der Waals surface area contributed by atoms with E-state index in [1.54, 1.807) is 26.0 Å². The van der Waals surface area contributed by atoms with Crippen molar-refractivity contribution in [3.05, 3.63) is 51.9 Å². The first-order valence-electron chi connectivity index (χ1n) is 10.7. The summed E-state index contributed by atoms with van der Waals surface area (Å²) in [6.45, 7) is 6.49. The van der Waals surface area contributed by atoms with Crippen LogP contribution in [-0.2, 0) is 16.0 Å². The van der Waals surface area contributed by atoms with E-state index in [1.807, 2.05) is 25.1 Å². The molecule has 0 saturated carbocycles. The lowest BCUT2D eigenvalue weighted by Crippen LogP contribution is -2.25. The average molecular weight is 438 g/mol. The number of ether oxygens (including phenoxy) is 4. The molecule has 2 heterocycles. The third-order valence-electron chi connectivity index (χ3n) is 5.50. The summed E-state index contributed by atoms with van der Waals surface area (Å²) < 4.78 is 28.1. The van der Waals surface area contributed by atoms with Crippen LogP contribution in [0.3, 0.4) is 0 Å². The van der Waals surface area contributed by atoms with Crippen molar-refractivity contribution in [2.45, 2.75) is 39.7 Å². The predicted molar refractivity (Wildman–Crippen MR) is 120 cm³/mol. The first kappa shape index (κ1) is 21.7. The van der Waals surface area contributed by atoms with Gasteiger partial charge in [-0.1, -0.05) is 13.0 Å². The number of carbonyl (C=O) groups is 1. The van der Waals surface area contributed by atoms with Crippen molar-refractivity contribution in [3.8, 4) is 28.4 Å². The smallest absolute Gasteiger partial charge is 0.346 e. The summed E-state index contributed by atoms with van der Waals surface area (Å²) in [6.07, 6.45) is 0.642. The topological polar surface area (TPSA) is 84.2 Å². The van der Waals surface area contributed by atoms with Gasteiger partial charge < -0.3 is 23.4 Å². The van der Waals surface area contributed by atoms with Crippen LogP contribution >= 0.6 is 0 Å². The summed E-state index contributed by atoms with van der Waals surface area (Å²) >= 11 is 0. The van der Waals surface area contributed by atoms with Crippen molar-refractivity contribution in [1.82, 2.24) is 0 Å². The van der Waals surface area contributed by atoms with E-state index in [0.717, 1.165) is 12.0 Å². The Kier molecular flexibility index (Phi) is 6.08. The van der Waals surface area contributed by atoms with Gasteiger partial charge in [0.15, 0.2) is 17.6 Å². The molecule has 168 valence electrons. The molecule has 0 fully saturated rings. The van der Waals surface area contributed by atoms with Crippen molar-refractivity contribution in [1.29, 1.82) is 0 Å². The quantitative estimate of drug-likeness (QED) is 0.545. The zero-order valence-electron chi connectivity index (χ0n) is 18.7. The maximum absolute atomic E-state index is 13.5. The molecule has 0 spiro atoms. The maximum Gasteiger partial charge on any atom is 0.346 e. The lowest BCUT2D eigenvalue weighted by atomic mass is 10.0. The van der Waals surface area contributed by atoms with E-state index in [4.69, 9.17) is 23.4 Å². The minimum Gasteiger partial charge on any atom is -0.490 e. The normalized spacial score (nSPS) is 14.0. The fourth-order valence-corrected chi connectivity index (χ4v) is 3.82. The van der Waals surface area contributed by atoms with Crippen LogP contribution in [0.25, 0.3) is 22.1 Å². The molecule has 7 nitrogen and oxygen atoms in total. The Morgan fingerprint density at radius 3 is 2.59 bits per heavy atom. The van der Waals surface area contributed by atoms with Crippen LogP contribution in [0.1, 0.15) is 31.6 Å². The van der Waals surface area contributed by atoms with Gasteiger partial charge in [0, 0.05) is 12.5 Å². The zero-order valence-corrected chi connectivity index (χ0v) is 18.7. The molecule has 0 amide bonds. The SMILES string of the molecule is CCc1cc2c(=O)c(-c3ccc4c(c3)OCCCO4)c(C)oc2cc1OC(C)C(=O)OC. The molecular formula is C25H26O7. The van der Waals surface area contributed by atoms with Gasteiger partial charge in [-0.25, -0.2) is 4.79 Å². The second-order valence-corrected chi connectivity index (χ2v) is 7.67. The van der Waals surface area contributed by atoms with Gasteiger partial charge in [0.1, 0.15) is 17.1 Å². The molecule has 3 aromatic rings. The number of carbonyl (C=O) groups excluding carboxylic acids is 1. The minimum absolute atomic E-state index is 0.138. The van der Waals surface area contributed by atoms with Crippen LogP contribution in [-0.4, -0.2) is 32.4 Å². The predicted octanol–water partition coefficient (Wildman–Crippen LogP) is 4.43. The summed E-state index contributed by atoms with van der Waals surface area (Å²) in [5.41, 5.74) is 2.25. The molecular weight excluding hydrogens is 412 g/mol. The monoisotopic (exact) mass is 438 g/mol. The molecule has 0 bridgehead atoms. The van der Waals surface area contributed by atoms with E-state index >= 15 is 0 Å². The zero-order chi connectivity index (χ0) is 22.8. The number of methoxy groups -OCH3 is 1. The third-order valence-corrected chi connectivity index (χ3v) is 5.50. The number of hydrogen-bond acceptors (Lipinski definition) is 7. The number of hydrogen-bond donors (Lipinski definition) is 0. The summed E-state index contributed by atoms with van der Waals surface area (Å²) in [6, 6.07) is 8.92. The van der Waals surface area contributed by atoms with Gasteiger partial charge in [0.2, 0.25) is 5.43 Å². The second-order valence-electron chi connectivity index (χ2n) is 7.67. The Morgan fingerprint density at radius 1 is 1.12 bits per heavy atom. The number of benzene rings is 2. The Balaban J connectivity index is 1.81. The highest BCUT2D eigenvalue weighted by molar-refractivity contribution is 5.85. The summed E-state index contributed by atoms with van der Waals surface area (Å²) in [5.74, 6) is 1.78. The van der Waals surface area contributed by atoms with Gasteiger partial charge in [-0.2, -0.15) is 0 Å². The van der Waals surface area contributed by atoms with Crippen LogP contribution in [0.2, 0.25) is 0 Å². The van der Waals surface area contributed by atoms with Gasteiger partial charge in [0.25, 0.3) is 0 Å². The van der Waals surface area contributed by atoms with Crippen LogP contribution < -0.4 is 19.6 Å². The molecule has 1 aliphatic heterocycles. The van der Waals surface area contributed by atoms with Crippen molar-refractivity contribution in [3.63, 3.8) is 0 Å². The number of esters is 1. The summed E-state index contributed by atoms with van der Waals surface area (Å²) in [4.78, 5) is 25.3. The van der Waals surface area contributed by atoms with E-state index in [1.165, 1.54) is 7.11 Å². The molecule has 1 aliphatic rings. The van der Waals surface area contributed by atoms with Crippen molar-refractivity contribution >= 4 is 16.9 Å². The molecule has 4 rings (SSSR count). The van der Waals surface area contributed by atoms with Crippen molar-refractivity contribution in [2.24, 2.45) is 0 Å². The van der Waals surface area contributed by atoms with E-state index in [2.05, 4.69) is 0 Å². The number of fused-ring (bicyclic) bond motifs is 2. The van der Waals surface area contributed by atoms with Crippen LogP contribution in [0.5, 0.6) is 17.2 Å². The van der Waals surface area contributed by atoms with E-state index in [-0.39, 0.29) is 5.43 Å². The minimum atomic E-state index is -0.781. The number of rotatable bonds is 5. The van der Waals surface area contributed by atoms with Gasteiger partial charge in [-0.3, -0.25) is 4.79 Å². The largest absolute Gasteiger partial charge is 0.490 e. The summed E-state index contributed by atoms with van der Waals surface area (Å²) in [7, 11) is 1.31. The highest BCUT2D eigenvalue weighted by atomic mass is 16.6. The Hall–Kier alpha value is -3.48. The molecule has 2 aromatic carbocycles. The molecule has 7 heteroatoms.